The maximum atomic E-state index is 13.1. The fraction of sp³-hybridized carbons (Fsp3) is 0.214. The van der Waals surface area contributed by atoms with E-state index in [4.69, 9.17) is 9.47 Å². The zero-order chi connectivity index (χ0) is 29.8. The highest BCUT2D eigenvalue weighted by molar-refractivity contribution is 9.10. The number of hydrogen-bond donors (Lipinski definition) is 0. The second-order valence-electron chi connectivity index (χ2n) is 9.33. The largest absolute Gasteiger partial charge is 0.491 e. The van der Waals surface area contributed by atoms with E-state index in [1.807, 2.05) is 25.1 Å². The molecule has 0 aliphatic carbocycles. The third-order valence-electron chi connectivity index (χ3n) is 6.07. The summed E-state index contributed by atoms with van der Waals surface area (Å²) >= 11 is 4.11. The Kier molecular flexibility index (Phi) is 9.08. The number of benzene rings is 3. The van der Waals surface area contributed by atoms with Crippen LogP contribution in [0.5, 0.6) is 17.2 Å². The number of nitro groups is 2. The van der Waals surface area contributed by atoms with E-state index in [0.29, 0.717) is 15.8 Å². The lowest BCUT2D eigenvalue weighted by molar-refractivity contribution is -0.394. The molecule has 0 unspecified atom stereocenters. The van der Waals surface area contributed by atoms with Gasteiger partial charge in [0, 0.05) is 16.1 Å². The quantitative estimate of drug-likeness (QED) is 0.124. The second-order valence-corrected chi connectivity index (χ2v) is 11.2. The molecule has 3 aromatic rings. The number of aryl methyl sites for hydroxylation is 1. The summed E-state index contributed by atoms with van der Waals surface area (Å²) in [5.41, 5.74) is 1.36. The van der Waals surface area contributed by atoms with Gasteiger partial charge in [0.2, 0.25) is 5.75 Å². The summed E-state index contributed by atoms with van der Waals surface area (Å²) in [6, 6.07) is 13.7. The molecule has 1 fully saturated rings. The fourth-order valence-electron chi connectivity index (χ4n) is 4.02. The van der Waals surface area contributed by atoms with Gasteiger partial charge in [-0.15, -0.1) is 0 Å². The zero-order valence-electron chi connectivity index (χ0n) is 22.2. The average molecular weight is 642 g/mol. The molecule has 3 aromatic carbocycles. The van der Waals surface area contributed by atoms with Crippen LogP contribution >= 0.6 is 27.7 Å². The normalized spacial score (nSPS) is 14.2. The molecule has 0 spiro atoms. The molecule has 212 valence electrons. The van der Waals surface area contributed by atoms with E-state index in [1.165, 1.54) is 12.1 Å². The lowest BCUT2D eigenvalue weighted by atomic mass is 10.0. The molecule has 41 heavy (non-hydrogen) atoms. The van der Waals surface area contributed by atoms with Crippen molar-refractivity contribution in [2.75, 3.05) is 13.2 Å². The molecule has 1 aliphatic heterocycles. The second kappa shape index (κ2) is 12.5. The summed E-state index contributed by atoms with van der Waals surface area (Å²) in [5, 5.41) is 22.2. The summed E-state index contributed by atoms with van der Waals surface area (Å²) in [6.07, 6.45) is 1.46. The van der Waals surface area contributed by atoms with Crippen molar-refractivity contribution in [1.82, 2.24) is 4.90 Å². The van der Waals surface area contributed by atoms with Gasteiger partial charge in [-0.05, 0) is 72.1 Å². The minimum Gasteiger partial charge on any atom is -0.491 e. The standard InChI is InChI=1S/C28H24BrN3O8S/c1-16(2)21-7-4-17(3)12-25(21)39-11-10-30-27(33)26(41-28(30)34)14-18-13-19(29)5-8-23(18)40-24-9-6-20(31(35)36)15-22(24)32(37)38/h4-9,12-16H,10-11H2,1-3H3/b26-14-. The maximum Gasteiger partial charge on any atom is 0.318 e. The summed E-state index contributed by atoms with van der Waals surface area (Å²) in [4.78, 5) is 48.2. The van der Waals surface area contributed by atoms with Gasteiger partial charge in [-0.1, -0.05) is 41.9 Å². The highest BCUT2D eigenvalue weighted by atomic mass is 79.9. The van der Waals surface area contributed by atoms with E-state index in [9.17, 15) is 29.8 Å². The van der Waals surface area contributed by atoms with Crippen molar-refractivity contribution in [2.45, 2.75) is 26.7 Å². The molecule has 0 saturated carbocycles. The molecule has 2 amide bonds. The van der Waals surface area contributed by atoms with Crippen LogP contribution in [0, 0.1) is 27.2 Å². The van der Waals surface area contributed by atoms with Crippen molar-refractivity contribution in [3.63, 3.8) is 0 Å². The van der Waals surface area contributed by atoms with Crippen molar-refractivity contribution >= 4 is 56.3 Å². The third-order valence-corrected chi connectivity index (χ3v) is 7.47. The van der Waals surface area contributed by atoms with E-state index in [2.05, 4.69) is 29.8 Å². The molecule has 0 radical (unpaired) electrons. The Labute approximate surface area is 247 Å². The Bertz CT molecular complexity index is 1590. The number of nitro benzene ring substituents is 2. The summed E-state index contributed by atoms with van der Waals surface area (Å²) in [5.74, 6) is 0.350. The number of imide groups is 1. The predicted octanol–water partition coefficient (Wildman–Crippen LogP) is 7.60. The highest BCUT2D eigenvalue weighted by Crippen LogP contribution is 2.39. The monoisotopic (exact) mass is 641 g/mol. The van der Waals surface area contributed by atoms with Crippen LogP contribution in [0.3, 0.4) is 0 Å². The van der Waals surface area contributed by atoms with Gasteiger partial charge in [0.05, 0.1) is 27.4 Å². The Morgan fingerprint density at radius 3 is 2.39 bits per heavy atom. The SMILES string of the molecule is Cc1ccc(C(C)C)c(OCCN2C(=O)S/C(=C\c3cc(Br)ccc3Oc3ccc([N+](=O)[O-])cc3[N+](=O)[O-])C2=O)c1. The van der Waals surface area contributed by atoms with Crippen LogP contribution in [0.1, 0.15) is 36.5 Å². The van der Waals surface area contributed by atoms with Crippen LogP contribution < -0.4 is 9.47 Å². The summed E-state index contributed by atoms with van der Waals surface area (Å²) in [6.45, 7) is 6.23. The van der Waals surface area contributed by atoms with Gasteiger partial charge < -0.3 is 9.47 Å². The predicted molar refractivity (Wildman–Crippen MR) is 157 cm³/mol. The Morgan fingerprint density at radius 1 is 0.976 bits per heavy atom. The Balaban J connectivity index is 1.54. The molecule has 0 N–H and O–H groups in total. The molecule has 0 bridgehead atoms. The van der Waals surface area contributed by atoms with Gasteiger partial charge in [0.15, 0.2) is 0 Å². The molecule has 11 nitrogen and oxygen atoms in total. The van der Waals surface area contributed by atoms with E-state index >= 15 is 0 Å². The molecule has 0 atom stereocenters. The summed E-state index contributed by atoms with van der Waals surface area (Å²) < 4.78 is 12.4. The van der Waals surface area contributed by atoms with Gasteiger partial charge in [0.1, 0.15) is 18.1 Å². The van der Waals surface area contributed by atoms with Crippen molar-refractivity contribution in [3.8, 4) is 17.2 Å². The lowest BCUT2D eigenvalue weighted by Crippen LogP contribution is -2.32. The third kappa shape index (κ3) is 6.92. The molecular weight excluding hydrogens is 618 g/mol. The number of halogens is 1. The molecule has 1 aliphatic rings. The number of carbonyl (C=O) groups is 2. The number of amides is 2. The van der Waals surface area contributed by atoms with Gasteiger partial charge in [0.25, 0.3) is 16.8 Å². The number of non-ortho nitro benzene ring substituents is 1. The van der Waals surface area contributed by atoms with Crippen LogP contribution in [0.4, 0.5) is 16.2 Å². The van der Waals surface area contributed by atoms with Crippen molar-refractivity contribution in [1.29, 1.82) is 0 Å². The van der Waals surface area contributed by atoms with E-state index in [-0.39, 0.29) is 35.5 Å². The van der Waals surface area contributed by atoms with Crippen molar-refractivity contribution < 1.29 is 28.9 Å². The van der Waals surface area contributed by atoms with Gasteiger partial charge in [-0.3, -0.25) is 34.7 Å². The number of rotatable bonds is 10. The van der Waals surface area contributed by atoms with Gasteiger partial charge >= 0.3 is 5.69 Å². The lowest BCUT2D eigenvalue weighted by Gasteiger charge is -2.17. The first-order valence-corrected chi connectivity index (χ1v) is 13.9. The summed E-state index contributed by atoms with van der Waals surface area (Å²) in [7, 11) is 0. The highest BCUT2D eigenvalue weighted by Gasteiger charge is 2.35. The number of thioether (sulfide) groups is 1. The zero-order valence-corrected chi connectivity index (χ0v) is 24.6. The smallest absolute Gasteiger partial charge is 0.318 e. The molecule has 13 heteroatoms. The minimum absolute atomic E-state index is 0.0459. The van der Waals surface area contributed by atoms with Crippen LogP contribution in [0.15, 0.2) is 64.0 Å². The van der Waals surface area contributed by atoms with Gasteiger partial charge in [-0.25, -0.2) is 0 Å². The number of hydrogen-bond acceptors (Lipinski definition) is 9. The van der Waals surface area contributed by atoms with Crippen molar-refractivity contribution in [2.24, 2.45) is 0 Å². The first-order chi connectivity index (χ1) is 19.4. The van der Waals surface area contributed by atoms with Crippen molar-refractivity contribution in [3.05, 3.63) is 101 Å². The first kappa shape index (κ1) is 29.7. The molecular formula is C28H24BrN3O8S. The number of ether oxygens (including phenoxy) is 2. The van der Waals surface area contributed by atoms with Crippen LogP contribution in [-0.2, 0) is 4.79 Å². The molecule has 4 rings (SSSR count). The topological polar surface area (TPSA) is 142 Å². The van der Waals surface area contributed by atoms with Gasteiger partial charge in [-0.2, -0.15) is 0 Å². The molecule has 1 heterocycles. The molecule has 0 aromatic heterocycles. The fourth-order valence-corrected chi connectivity index (χ4v) is 5.25. The van der Waals surface area contributed by atoms with Crippen LogP contribution in [0.2, 0.25) is 0 Å². The number of nitrogens with zero attached hydrogens (tertiary/aromatic N) is 3. The Hall–Kier alpha value is -4.23. The number of carbonyl (C=O) groups excluding carboxylic acids is 2. The van der Waals surface area contributed by atoms with Crippen LogP contribution in [-0.4, -0.2) is 39.0 Å². The minimum atomic E-state index is -0.783. The maximum absolute atomic E-state index is 13.1. The molecule has 1 saturated heterocycles. The van der Waals surface area contributed by atoms with E-state index in [1.54, 1.807) is 12.1 Å². The van der Waals surface area contributed by atoms with E-state index < -0.39 is 32.4 Å². The van der Waals surface area contributed by atoms with Crippen LogP contribution in [0.25, 0.3) is 6.08 Å². The van der Waals surface area contributed by atoms with E-state index in [0.717, 1.165) is 46.0 Å². The first-order valence-electron chi connectivity index (χ1n) is 12.3. The average Bonchev–Trinajstić information content (AvgIpc) is 3.17. The Morgan fingerprint density at radius 2 is 1.71 bits per heavy atom.